The van der Waals surface area contributed by atoms with Gasteiger partial charge in [-0.2, -0.15) is 0 Å². The molecule has 0 saturated carbocycles. The summed E-state index contributed by atoms with van der Waals surface area (Å²) in [5.74, 6) is -1.49. The number of rotatable bonds is 7. The van der Waals surface area contributed by atoms with Crippen LogP contribution < -0.4 is 76.1 Å². The van der Waals surface area contributed by atoms with Gasteiger partial charge in [0, 0.05) is 5.02 Å². The van der Waals surface area contributed by atoms with Crippen LogP contribution in [0.25, 0.3) is 6.08 Å². The molecule has 1 atom stereocenters. The van der Waals surface area contributed by atoms with E-state index < -0.39 is 24.6 Å². The number of halogens is 1. The van der Waals surface area contributed by atoms with Crippen LogP contribution in [-0.4, -0.2) is 29.2 Å². The smallest absolute Gasteiger partial charge is 0.546 e. The van der Waals surface area contributed by atoms with Gasteiger partial charge in [-0.25, -0.2) is 9.79 Å². The fraction of sp³-hybridized carbons (Fsp3) is 0.231. The van der Waals surface area contributed by atoms with Crippen LogP contribution in [0.5, 0.6) is 5.75 Å². The van der Waals surface area contributed by atoms with E-state index in [1.807, 2.05) is 0 Å². The van der Waals surface area contributed by atoms with E-state index in [0.717, 1.165) is 0 Å². The van der Waals surface area contributed by atoms with E-state index in [1.54, 1.807) is 75.4 Å². The normalized spacial score (nSPS) is 15.1. The van der Waals surface area contributed by atoms with Crippen molar-refractivity contribution in [3.63, 3.8) is 0 Å². The number of hydrogen-bond acceptors (Lipinski definition) is 8. The number of aliphatic carboxylic acids is 1. The third-order valence-electron chi connectivity index (χ3n) is 5.30. The van der Waals surface area contributed by atoms with E-state index in [-0.39, 0.29) is 63.0 Å². The Bertz CT molecular complexity index is 1520. The van der Waals surface area contributed by atoms with Gasteiger partial charge >= 0.3 is 57.4 Å². The number of benzene rings is 2. The first-order valence-corrected chi connectivity index (χ1v) is 12.2. The molecule has 1 aliphatic heterocycles. The molecule has 2 heterocycles. The van der Waals surface area contributed by atoms with Gasteiger partial charge in [0.25, 0.3) is 5.56 Å². The second-order valence-corrected chi connectivity index (χ2v) is 9.76. The van der Waals surface area contributed by atoms with Crippen molar-refractivity contribution >= 4 is 41.0 Å². The summed E-state index contributed by atoms with van der Waals surface area (Å²) in [6.07, 6.45) is 1.36. The predicted molar refractivity (Wildman–Crippen MR) is 133 cm³/mol. The van der Waals surface area contributed by atoms with Gasteiger partial charge in [0.2, 0.25) is 0 Å². The number of carbonyl (C=O) groups is 2. The third kappa shape index (κ3) is 6.88. The Morgan fingerprint density at radius 2 is 1.81 bits per heavy atom. The number of carbonyl (C=O) groups excluding carboxylic acids is 2. The Balaban J connectivity index is 0.00000380. The zero-order chi connectivity index (χ0) is 26.0. The zero-order valence-corrected chi connectivity index (χ0v) is 25.4. The Morgan fingerprint density at radius 3 is 2.41 bits per heavy atom. The molecule has 4 rings (SSSR count). The number of carboxylic acids is 1. The summed E-state index contributed by atoms with van der Waals surface area (Å²) in [7, 11) is 0. The van der Waals surface area contributed by atoms with Crippen molar-refractivity contribution in [2.75, 3.05) is 6.61 Å². The van der Waals surface area contributed by atoms with Crippen molar-refractivity contribution in [2.24, 2.45) is 4.99 Å². The molecule has 11 heteroatoms. The molecule has 0 radical (unpaired) electrons. The molecule has 1 unspecified atom stereocenters. The molecule has 1 aliphatic rings. The number of carboxylic acid groups (broad SMARTS) is 1. The largest absolute Gasteiger partial charge is 1.00 e. The predicted octanol–water partition coefficient (Wildman–Crippen LogP) is -1.03. The first kappa shape index (κ1) is 29.5. The van der Waals surface area contributed by atoms with Crippen molar-refractivity contribution in [3.8, 4) is 5.75 Å². The van der Waals surface area contributed by atoms with Gasteiger partial charge in [-0.1, -0.05) is 47.2 Å². The van der Waals surface area contributed by atoms with Crippen molar-refractivity contribution < 1.29 is 75.6 Å². The number of esters is 1. The summed E-state index contributed by atoms with van der Waals surface area (Å²) in [6, 6.07) is 12.8. The first-order valence-electron chi connectivity index (χ1n) is 11.1. The molecular weight excluding hydrogens is 543 g/mol. The minimum absolute atomic E-state index is 0. The maximum absolute atomic E-state index is 13.6. The molecule has 0 bridgehead atoms. The van der Waals surface area contributed by atoms with Gasteiger partial charge in [-0.05, 0) is 62.2 Å². The monoisotopic (exact) mass is 564 g/mol. The average Bonchev–Trinajstić information content (AvgIpc) is 3.12. The summed E-state index contributed by atoms with van der Waals surface area (Å²) in [4.78, 5) is 42.3. The number of aromatic nitrogens is 1. The van der Waals surface area contributed by atoms with Crippen LogP contribution >= 0.6 is 22.9 Å². The van der Waals surface area contributed by atoms with E-state index in [2.05, 4.69) is 4.99 Å². The maximum Gasteiger partial charge on any atom is 1.00 e. The van der Waals surface area contributed by atoms with Crippen molar-refractivity contribution in [1.29, 1.82) is 0 Å². The molecule has 0 spiro atoms. The Hall–Kier alpha value is -2.05. The molecule has 8 nitrogen and oxygen atoms in total. The fourth-order valence-corrected chi connectivity index (χ4v) is 4.95. The van der Waals surface area contributed by atoms with Crippen LogP contribution in [0, 0.1) is 0 Å². The van der Waals surface area contributed by atoms with Crippen LogP contribution in [0.3, 0.4) is 0 Å². The van der Waals surface area contributed by atoms with Gasteiger partial charge in [0.05, 0.1) is 33.9 Å². The van der Waals surface area contributed by atoms with Crippen LogP contribution in [0.1, 0.15) is 37.9 Å². The SMILES string of the molecule is CC1=C(C(=O)OC(C)C)C(c2ccc(Cl)cc2)n2c(s/c(=C\c3ccc(OCC(=O)[O-])cc3)c2=O)=N1.[K+]. The molecular formula is C26H22ClKN2O6S. The molecule has 0 aliphatic carbocycles. The molecule has 0 fully saturated rings. The van der Waals surface area contributed by atoms with Crippen LogP contribution in [0.2, 0.25) is 5.02 Å². The molecule has 0 amide bonds. The van der Waals surface area contributed by atoms with Gasteiger partial charge in [-0.3, -0.25) is 9.36 Å². The molecule has 37 heavy (non-hydrogen) atoms. The van der Waals surface area contributed by atoms with E-state index in [9.17, 15) is 19.5 Å². The summed E-state index contributed by atoms with van der Waals surface area (Å²) in [5.41, 5.74) is 1.87. The molecule has 0 N–H and O–H groups in total. The van der Waals surface area contributed by atoms with Crippen LogP contribution in [0.15, 0.2) is 69.6 Å². The second kappa shape index (κ2) is 12.7. The molecule has 3 aromatic rings. The van der Waals surface area contributed by atoms with E-state index in [1.165, 1.54) is 15.9 Å². The average molecular weight is 565 g/mol. The minimum atomic E-state index is -1.32. The molecule has 0 saturated heterocycles. The van der Waals surface area contributed by atoms with Crippen molar-refractivity contribution in [3.05, 3.63) is 95.6 Å². The number of allylic oxidation sites excluding steroid dienone is 1. The number of fused-ring (bicyclic) bond motifs is 1. The van der Waals surface area contributed by atoms with Crippen molar-refractivity contribution in [2.45, 2.75) is 32.9 Å². The third-order valence-corrected chi connectivity index (χ3v) is 6.54. The topological polar surface area (TPSA) is 110 Å². The summed E-state index contributed by atoms with van der Waals surface area (Å²) in [6.45, 7) is 4.69. The van der Waals surface area contributed by atoms with E-state index in [4.69, 9.17) is 21.1 Å². The van der Waals surface area contributed by atoms with Gasteiger partial charge in [0.1, 0.15) is 12.4 Å². The standard InChI is InChI=1S/C26H23ClN2O6S.K/c1-14(2)35-25(33)22-15(3)28-26-29(23(22)17-6-8-18(27)9-7-17)24(32)20(36-26)12-16-4-10-19(11-5-16)34-13-21(30)31;/h4-12,14,23H,13H2,1-3H3,(H,30,31);/q;+1/p-1/b20-12-;. The van der Waals surface area contributed by atoms with Gasteiger partial charge < -0.3 is 19.4 Å². The van der Waals surface area contributed by atoms with Gasteiger partial charge in [0.15, 0.2) is 4.80 Å². The number of ether oxygens (including phenoxy) is 2. The summed E-state index contributed by atoms with van der Waals surface area (Å²) in [5, 5.41) is 11.1. The molecule has 1 aromatic heterocycles. The van der Waals surface area contributed by atoms with E-state index >= 15 is 0 Å². The number of hydrogen-bond donors (Lipinski definition) is 0. The van der Waals surface area contributed by atoms with Crippen LogP contribution in [-0.2, 0) is 14.3 Å². The fourth-order valence-electron chi connectivity index (χ4n) is 3.77. The maximum atomic E-state index is 13.6. The Labute approximate surface area is 264 Å². The molecule has 186 valence electrons. The Kier molecular flexibility index (Phi) is 10.1. The van der Waals surface area contributed by atoms with Crippen molar-refractivity contribution in [1.82, 2.24) is 4.57 Å². The first-order chi connectivity index (χ1) is 17.1. The van der Waals surface area contributed by atoms with Crippen LogP contribution in [0.4, 0.5) is 0 Å². The van der Waals surface area contributed by atoms with Gasteiger partial charge in [-0.15, -0.1) is 0 Å². The summed E-state index contributed by atoms with van der Waals surface area (Å²) < 4.78 is 12.5. The minimum Gasteiger partial charge on any atom is -0.546 e. The zero-order valence-electron chi connectivity index (χ0n) is 20.7. The number of thiazole rings is 1. The molecule has 2 aromatic carbocycles. The summed E-state index contributed by atoms with van der Waals surface area (Å²) >= 11 is 7.29. The second-order valence-electron chi connectivity index (χ2n) is 8.32. The number of nitrogens with zero attached hydrogens (tertiary/aromatic N) is 2. The van der Waals surface area contributed by atoms with E-state index in [0.29, 0.717) is 42.5 Å². The quantitative estimate of drug-likeness (QED) is 0.268. The Morgan fingerprint density at radius 1 is 1.16 bits per heavy atom.